The van der Waals surface area contributed by atoms with Crippen LogP contribution in [0, 0.1) is 11.6 Å². The van der Waals surface area contributed by atoms with Crippen molar-refractivity contribution >= 4 is 45.0 Å². The number of fused-ring (bicyclic) bond motifs is 4. The van der Waals surface area contributed by atoms with E-state index in [4.69, 9.17) is 0 Å². The van der Waals surface area contributed by atoms with E-state index in [0.29, 0.717) is 4.88 Å². The first-order valence-electron chi connectivity index (χ1n) is 12.3. The Kier molecular flexibility index (Phi) is 6.64. The van der Waals surface area contributed by atoms with Crippen LogP contribution in [-0.2, 0) is 19.4 Å². The Labute approximate surface area is 234 Å². The molecule has 0 fully saturated rings. The Balaban J connectivity index is 1.30. The molecule has 1 N–H and O–H groups in total. The van der Waals surface area contributed by atoms with E-state index < -0.39 is 35.4 Å². The summed E-state index contributed by atoms with van der Waals surface area (Å²) in [5, 5.41) is 7.29. The van der Waals surface area contributed by atoms with Crippen molar-refractivity contribution in [1.29, 1.82) is 0 Å². The van der Waals surface area contributed by atoms with Crippen LogP contribution in [0.25, 0.3) is 11.3 Å². The van der Waals surface area contributed by atoms with Crippen molar-refractivity contribution in [3.8, 4) is 11.3 Å². The van der Waals surface area contributed by atoms with Gasteiger partial charge in [-0.2, -0.15) is 5.10 Å². The van der Waals surface area contributed by atoms with E-state index in [-0.39, 0.29) is 29.7 Å². The molecule has 0 aliphatic carbocycles. The summed E-state index contributed by atoms with van der Waals surface area (Å²) in [7, 11) is 0. The number of hydrogen-bond acceptors (Lipinski definition) is 5. The molecule has 2 aromatic carbocycles. The zero-order chi connectivity index (χ0) is 27.3. The van der Waals surface area contributed by atoms with E-state index in [1.165, 1.54) is 11.3 Å². The highest BCUT2D eigenvalue weighted by molar-refractivity contribution is 9.10. The average Bonchev–Trinajstić information content (AvgIpc) is 3.53. The molecule has 0 saturated carbocycles. The van der Waals surface area contributed by atoms with Crippen LogP contribution < -0.4 is 5.32 Å². The van der Waals surface area contributed by atoms with Gasteiger partial charge >= 0.3 is 0 Å². The van der Waals surface area contributed by atoms with Crippen molar-refractivity contribution < 1.29 is 23.2 Å². The number of carbonyl (C=O) groups is 3. The van der Waals surface area contributed by atoms with Gasteiger partial charge in [-0.3, -0.25) is 24.0 Å². The number of nitrogens with zero attached hydrogens (tertiary/aromatic N) is 3. The zero-order valence-electron chi connectivity index (χ0n) is 20.4. The molecule has 39 heavy (non-hydrogen) atoms. The van der Waals surface area contributed by atoms with Crippen molar-refractivity contribution in [3.63, 3.8) is 0 Å². The molecule has 1 atom stereocenters. The lowest BCUT2D eigenvalue weighted by Crippen LogP contribution is -2.47. The molecule has 7 nitrogen and oxygen atoms in total. The molecule has 0 bridgehead atoms. The molecule has 6 rings (SSSR count). The van der Waals surface area contributed by atoms with Crippen LogP contribution in [0.2, 0.25) is 0 Å². The van der Waals surface area contributed by atoms with Crippen LogP contribution in [0.15, 0.2) is 59.2 Å². The third kappa shape index (κ3) is 4.70. The Hall–Kier alpha value is -3.70. The van der Waals surface area contributed by atoms with Crippen molar-refractivity contribution in [2.45, 2.75) is 31.8 Å². The fourth-order valence-electron chi connectivity index (χ4n) is 5.12. The van der Waals surface area contributed by atoms with E-state index in [1.54, 1.807) is 36.5 Å². The van der Waals surface area contributed by atoms with Gasteiger partial charge in [0.25, 0.3) is 17.7 Å². The summed E-state index contributed by atoms with van der Waals surface area (Å²) in [6.07, 6.45) is 3.27. The molecule has 2 aliphatic heterocycles. The maximum atomic E-state index is 14.6. The number of halogens is 3. The fourth-order valence-corrected chi connectivity index (χ4v) is 6.74. The van der Waals surface area contributed by atoms with Gasteiger partial charge in [0.1, 0.15) is 11.6 Å². The first-order chi connectivity index (χ1) is 18.8. The summed E-state index contributed by atoms with van der Waals surface area (Å²) in [5.74, 6) is -2.67. The first-order valence-corrected chi connectivity index (χ1v) is 14.0. The van der Waals surface area contributed by atoms with Crippen LogP contribution in [0.5, 0.6) is 0 Å². The Morgan fingerprint density at radius 1 is 1.08 bits per heavy atom. The number of hydrogen-bond donors (Lipinski definition) is 1. The highest BCUT2D eigenvalue weighted by atomic mass is 79.9. The summed E-state index contributed by atoms with van der Waals surface area (Å²) >= 11 is 4.91. The number of rotatable bonds is 6. The summed E-state index contributed by atoms with van der Waals surface area (Å²) in [5.41, 5.74) is 2.40. The number of imide groups is 1. The van der Waals surface area contributed by atoms with Crippen molar-refractivity contribution in [3.05, 3.63) is 97.3 Å². The minimum atomic E-state index is -0.866. The molecule has 0 radical (unpaired) electrons. The second-order valence-electron chi connectivity index (χ2n) is 9.49. The van der Waals surface area contributed by atoms with Crippen molar-refractivity contribution in [1.82, 2.24) is 20.0 Å². The average molecular weight is 611 g/mol. The number of nitrogens with one attached hydrogen (secondary N) is 1. The third-order valence-corrected chi connectivity index (χ3v) is 8.72. The minimum Gasteiger partial charge on any atom is -0.346 e. The maximum Gasteiger partial charge on any atom is 0.261 e. The quantitative estimate of drug-likeness (QED) is 0.303. The van der Waals surface area contributed by atoms with E-state index in [9.17, 15) is 23.2 Å². The lowest BCUT2D eigenvalue weighted by molar-refractivity contribution is 0.0629. The summed E-state index contributed by atoms with van der Waals surface area (Å²) < 4.78 is 31.3. The highest BCUT2D eigenvalue weighted by Crippen LogP contribution is 2.38. The van der Waals surface area contributed by atoms with Gasteiger partial charge in [0.05, 0.1) is 38.4 Å². The van der Waals surface area contributed by atoms with E-state index >= 15 is 0 Å². The smallest absolute Gasteiger partial charge is 0.261 e. The number of aryl methyl sites for hydroxylation is 2. The molecule has 4 aromatic rings. The van der Waals surface area contributed by atoms with Gasteiger partial charge in [0.15, 0.2) is 0 Å². The standard InChI is InChI=1S/C28H21BrF2N4O3S/c29-21-13-32-35-9-3-6-23-20(25(21)35)12-24(39-23)26(36)33-17(11-15-10-16(30)7-8-22(15)31)14-34-27(37)18-4-1-2-5-19(18)28(34)38/h1-2,4-5,7-8,10,12-13,17H,3,6,9,11,14H2,(H,33,36)/t17-/m0/s1. The summed E-state index contributed by atoms with van der Waals surface area (Å²) in [6.45, 7) is 0.572. The second-order valence-corrected chi connectivity index (χ2v) is 11.5. The van der Waals surface area contributed by atoms with Gasteiger partial charge < -0.3 is 5.32 Å². The minimum absolute atomic E-state index is 0.0340. The lowest BCUT2D eigenvalue weighted by atomic mass is 10.0. The van der Waals surface area contributed by atoms with Gasteiger partial charge in [-0.1, -0.05) is 12.1 Å². The maximum absolute atomic E-state index is 14.6. The largest absolute Gasteiger partial charge is 0.346 e. The molecule has 4 heterocycles. The van der Waals surface area contributed by atoms with Gasteiger partial charge in [0.2, 0.25) is 0 Å². The van der Waals surface area contributed by atoms with E-state index in [1.807, 2.05) is 4.68 Å². The molecular weight excluding hydrogens is 590 g/mol. The molecule has 0 unspecified atom stereocenters. The van der Waals surface area contributed by atoms with Crippen LogP contribution in [0.1, 0.15) is 47.2 Å². The lowest BCUT2D eigenvalue weighted by Gasteiger charge is -2.24. The van der Waals surface area contributed by atoms with Crippen LogP contribution in [0.4, 0.5) is 8.78 Å². The molecular formula is C28H21BrF2N4O3S. The topological polar surface area (TPSA) is 84.3 Å². The number of aromatic nitrogens is 2. The third-order valence-electron chi connectivity index (χ3n) is 6.95. The normalized spacial score (nSPS) is 15.0. The van der Waals surface area contributed by atoms with Crippen molar-refractivity contribution in [2.24, 2.45) is 0 Å². The van der Waals surface area contributed by atoms with Gasteiger partial charge in [-0.15, -0.1) is 11.3 Å². The number of carbonyl (C=O) groups excluding carboxylic acids is 3. The second kappa shape index (κ2) is 10.1. The summed E-state index contributed by atoms with van der Waals surface area (Å²) in [4.78, 5) is 42.1. The zero-order valence-corrected chi connectivity index (χ0v) is 22.8. The predicted octanol–water partition coefficient (Wildman–Crippen LogP) is 5.24. The number of benzene rings is 2. The van der Waals surface area contributed by atoms with Crippen LogP contribution in [0.3, 0.4) is 0 Å². The molecule has 11 heteroatoms. The monoisotopic (exact) mass is 610 g/mol. The molecule has 2 aliphatic rings. The Morgan fingerprint density at radius 3 is 2.56 bits per heavy atom. The van der Waals surface area contributed by atoms with Crippen LogP contribution >= 0.6 is 27.3 Å². The molecule has 198 valence electrons. The first kappa shape index (κ1) is 25.6. The SMILES string of the molecule is O=C(N[C@@H](Cc1cc(F)ccc1F)CN1C(=O)c2ccccc2C1=O)c1cc2c(s1)CCCn1ncc(Br)c1-2. The molecule has 3 amide bonds. The van der Waals surface area contributed by atoms with Gasteiger partial charge in [-0.05, 0) is 77.2 Å². The molecule has 0 spiro atoms. The van der Waals surface area contributed by atoms with Gasteiger partial charge in [0, 0.05) is 23.5 Å². The number of thiophene rings is 1. The van der Waals surface area contributed by atoms with Crippen molar-refractivity contribution in [2.75, 3.05) is 6.54 Å². The van der Waals surface area contributed by atoms with Crippen LogP contribution in [-0.4, -0.2) is 45.0 Å². The fraction of sp³-hybridized carbons (Fsp3) is 0.214. The number of amides is 3. The van der Waals surface area contributed by atoms with E-state index in [2.05, 4.69) is 26.3 Å². The summed E-state index contributed by atoms with van der Waals surface area (Å²) in [6, 6.07) is 10.5. The highest BCUT2D eigenvalue weighted by Gasteiger charge is 2.37. The van der Waals surface area contributed by atoms with E-state index in [0.717, 1.165) is 63.1 Å². The predicted molar refractivity (Wildman–Crippen MR) is 145 cm³/mol. The molecule has 0 saturated heterocycles. The van der Waals surface area contributed by atoms with Gasteiger partial charge in [-0.25, -0.2) is 8.78 Å². The molecule has 2 aromatic heterocycles. The Bertz CT molecular complexity index is 1610. The Morgan fingerprint density at radius 2 is 1.82 bits per heavy atom.